The summed E-state index contributed by atoms with van der Waals surface area (Å²) < 4.78 is 6.19. The number of nitrogens with zero attached hydrogens (tertiary/aromatic N) is 3. The van der Waals surface area contributed by atoms with Crippen LogP contribution in [0.5, 0.6) is 11.5 Å². The summed E-state index contributed by atoms with van der Waals surface area (Å²) in [5, 5.41) is 9.17. The third-order valence-corrected chi connectivity index (χ3v) is 5.93. The standard InChI is InChI=1S/C30H19N3O/c31-20-23-8-7-10-25(32-23)22-18-16-21(17-19-22)24-9-1-2-11-26(24)33-27-12-3-5-14-29(27)34-30-15-6-4-13-28(30)33/h1-19H. The Kier molecular flexibility index (Phi) is 4.79. The first-order valence-electron chi connectivity index (χ1n) is 11.0. The van der Waals surface area contributed by atoms with Crippen LogP contribution < -0.4 is 9.64 Å². The van der Waals surface area contributed by atoms with Gasteiger partial charge in [-0.15, -0.1) is 0 Å². The smallest absolute Gasteiger partial charge is 0.151 e. The summed E-state index contributed by atoms with van der Waals surface area (Å²) in [4.78, 5) is 6.68. The third kappa shape index (κ3) is 3.37. The van der Waals surface area contributed by atoms with Gasteiger partial charge in [-0.3, -0.25) is 0 Å². The molecule has 0 saturated carbocycles. The van der Waals surface area contributed by atoms with Gasteiger partial charge in [-0.1, -0.05) is 72.8 Å². The van der Waals surface area contributed by atoms with E-state index in [0.717, 1.165) is 50.9 Å². The maximum atomic E-state index is 9.17. The zero-order valence-corrected chi connectivity index (χ0v) is 18.2. The Balaban J connectivity index is 1.46. The highest BCUT2D eigenvalue weighted by Gasteiger charge is 2.26. The lowest BCUT2D eigenvalue weighted by atomic mass is 9.99. The zero-order chi connectivity index (χ0) is 22.9. The predicted octanol–water partition coefficient (Wildman–Crippen LogP) is 7.86. The van der Waals surface area contributed by atoms with Crippen molar-refractivity contribution in [3.63, 3.8) is 0 Å². The van der Waals surface area contributed by atoms with Crippen molar-refractivity contribution in [3.05, 3.63) is 121 Å². The molecule has 4 nitrogen and oxygen atoms in total. The van der Waals surface area contributed by atoms with E-state index in [1.54, 1.807) is 6.07 Å². The molecule has 5 aromatic rings. The Morgan fingerprint density at radius 2 is 1.18 bits per heavy atom. The van der Waals surface area contributed by atoms with Gasteiger partial charge in [0.15, 0.2) is 11.5 Å². The molecule has 0 amide bonds. The lowest BCUT2D eigenvalue weighted by Gasteiger charge is -2.34. The number of hydrogen-bond donors (Lipinski definition) is 0. The van der Waals surface area contributed by atoms with E-state index in [1.807, 2.05) is 48.5 Å². The molecule has 34 heavy (non-hydrogen) atoms. The first kappa shape index (κ1) is 19.8. The molecular weight excluding hydrogens is 418 g/mol. The molecule has 0 atom stereocenters. The van der Waals surface area contributed by atoms with Crippen molar-refractivity contribution < 1.29 is 4.74 Å². The fourth-order valence-electron chi connectivity index (χ4n) is 4.36. The minimum atomic E-state index is 0.413. The van der Waals surface area contributed by atoms with Gasteiger partial charge in [0.1, 0.15) is 11.8 Å². The Bertz CT molecular complexity index is 1500. The first-order chi connectivity index (χ1) is 16.8. The van der Waals surface area contributed by atoms with Gasteiger partial charge in [0.25, 0.3) is 0 Å². The number of benzene rings is 4. The van der Waals surface area contributed by atoms with Crippen molar-refractivity contribution >= 4 is 17.1 Å². The third-order valence-electron chi connectivity index (χ3n) is 5.93. The average Bonchev–Trinajstić information content (AvgIpc) is 2.92. The summed E-state index contributed by atoms with van der Waals surface area (Å²) in [5.74, 6) is 1.66. The van der Waals surface area contributed by atoms with Gasteiger partial charge in [-0.2, -0.15) is 5.26 Å². The van der Waals surface area contributed by atoms with Crippen LogP contribution in [0.4, 0.5) is 17.1 Å². The van der Waals surface area contributed by atoms with E-state index < -0.39 is 0 Å². The van der Waals surface area contributed by atoms with Crippen LogP contribution in [0.25, 0.3) is 22.4 Å². The zero-order valence-electron chi connectivity index (χ0n) is 18.2. The van der Waals surface area contributed by atoms with Crippen LogP contribution in [0.3, 0.4) is 0 Å². The number of nitriles is 1. The topological polar surface area (TPSA) is 49.2 Å². The molecular formula is C30H19N3O. The molecule has 2 heterocycles. The van der Waals surface area contributed by atoms with Gasteiger partial charge < -0.3 is 9.64 Å². The summed E-state index contributed by atoms with van der Waals surface area (Å²) >= 11 is 0. The highest BCUT2D eigenvalue weighted by molar-refractivity contribution is 5.93. The van der Waals surface area contributed by atoms with Crippen molar-refractivity contribution in [2.45, 2.75) is 0 Å². The quantitative estimate of drug-likeness (QED) is 0.283. The molecule has 0 aliphatic carbocycles. The summed E-state index contributed by atoms with van der Waals surface area (Å²) in [6, 6.07) is 40.5. The Morgan fingerprint density at radius 3 is 1.85 bits per heavy atom. The molecule has 0 bridgehead atoms. The molecule has 0 radical (unpaired) electrons. The molecule has 0 unspecified atom stereocenters. The number of hydrogen-bond acceptors (Lipinski definition) is 4. The summed E-state index contributed by atoms with van der Waals surface area (Å²) in [6.07, 6.45) is 0. The molecule has 4 heteroatoms. The molecule has 1 aliphatic rings. The lowest BCUT2D eigenvalue weighted by molar-refractivity contribution is 0.477. The van der Waals surface area contributed by atoms with Crippen LogP contribution in [0.15, 0.2) is 115 Å². The number of ether oxygens (including phenoxy) is 1. The molecule has 0 N–H and O–H groups in total. The Labute approximate surface area is 198 Å². The molecule has 1 aliphatic heterocycles. The van der Waals surface area contributed by atoms with Gasteiger partial charge in [0, 0.05) is 11.1 Å². The van der Waals surface area contributed by atoms with E-state index in [9.17, 15) is 0 Å². The first-order valence-corrected chi connectivity index (χ1v) is 11.0. The lowest BCUT2D eigenvalue weighted by Crippen LogP contribution is -2.16. The fraction of sp³-hybridized carbons (Fsp3) is 0. The van der Waals surface area contributed by atoms with E-state index in [0.29, 0.717) is 5.69 Å². The Morgan fingerprint density at radius 1 is 0.588 bits per heavy atom. The van der Waals surface area contributed by atoms with Crippen molar-refractivity contribution in [3.8, 4) is 40.0 Å². The number of rotatable bonds is 3. The molecule has 0 saturated heterocycles. The summed E-state index contributed by atoms with van der Waals surface area (Å²) in [6.45, 7) is 0. The van der Waals surface area contributed by atoms with E-state index in [4.69, 9.17) is 10.00 Å². The van der Waals surface area contributed by atoms with Gasteiger partial charge in [-0.25, -0.2) is 4.98 Å². The molecule has 1 aromatic heterocycles. The van der Waals surface area contributed by atoms with Gasteiger partial charge in [0.05, 0.1) is 22.8 Å². The summed E-state index contributed by atoms with van der Waals surface area (Å²) in [7, 11) is 0. The van der Waals surface area contributed by atoms with Crippen molar-refractivity contribution in [1.29, 1.82) is 5.26 Å². The normalized spacial score (nSPS) is 11.7. The second kappa shape index (κ2) is 8.23. The maximum absolute atomic E-state index is 9.17. The number of fused-ring (bicyclic) bond motifs is 2. The molecule has 6 rings (SSSR count). The highest BCUT2D eigenvalue weighted by Crippen LogP contribution is 2.51. The van der Waals surface area contributed by atoms with Gasteiger partial charge in [-0.05, 0) is 48.0 Å². The van der Waals surface area contributed by atoms with Crippen LogP contribution in [0.1, 0.15) is 5.69 Å². The second-order valence-electron chi connectivity index (χ2n) is 7.99. The number of aromatic nitrogens is 1. The Hall–Kier alpha value is -4.88. The molecule has 0 fully saturated rings. The van der Waals surface area contributed by atoms with Crippen molar-refractivity contribution in [2.24, 2.45) is 0 Å². The van der Waals surface area contributed by atoms with Crippen molar-refractivity contribution in [2.75, 3.05) is 4.90 Å². The fourth-order valence-corrected chi connectivity index (χ4v) is 4.36. The second-order valence-corrected chi connectivity index (χ2v) is 7.99. The number of para-hydroxylation sites is 5. The highest BCUT2D eigenvalue weighted by atomic mass is 16.5. The maximum Gasteiger partial charge on any atom is 0.151 e. The minimum Gasteiger partial charge on any atom is -0.453 e. The number of anilines is 3. The van der Waals surface area contributed by atoms with Gasteiger partial charge in [0.2, 0.25) is 0 Å². The SMILES string of the molecule is N#Cc1cccc(-c2ccc(-c3ccccc3N3c4ccccc4Oc4ccccc43)cc2)n1. The van der Waals surface area contributed by atoms with Crippen LogP contribution in [0, 0.1) is 11.3 Å². The number of pyridine rings is 1. The monoisotopic (exact) mass is 437 g/mol. The minimum absolute atomic E-state index is 0.413. The van der Waals surface area contributed by atoms with Crippen LogP contribution in [-0.4, -0.2) is 4.98 Å². The molecule has 4 aromatic carbocycles. The largest absolute Gasteiger partial charge is 0.453 e. The van der Waals surface area contributed by atoms with E-state index in [1.165, 1.54) is 0 Å². The molecule has 0 spiro atoms. The van der Waals surface area contributed by atoms with Crippen LogP contribution in [-0.2, 0) is 0 Å². The summed E-state index contributed by atoms with van der Waals surface area (Å²) in [5.41, 5.74) is 7.46. The molecule has 160 valence electrons. The predicted molar refractivity (Wildman–Crippen MR) is 135 cm³/mol. The van der Waals surface area contributed by atoms with Crippen LogP contribution >= 0.6 is 0 Å². The van der Waals surface area contributed by atoms with E-state index >= 15 is 0 Å². The van der Waals surface area contributed by atoms with Gasteiger partial charge >= 0.3 is 0 Å². The average molecular weight is 438 g/mol. The van der Waals surface area contributed by atoms with E-state index in [-0.39, 0.29) is 0 Å². The van der Waals surface area contributed by atoms with Crippen LogP contribution in [0.2, 0.25) is 0 Å². The van der Waals surface area contributed by atoms with E-state index in [2.05, 4.69) is 76.6 Å². The van der Waals surface area contributed by atoms with Crippen molar-refractivity contribution in [1.82, 2.24) is 4.98 Å².